The number of carbonyl (C=O) groups excluding carboxylic acids is 1. The van der Waals surface area contributed by atoms with Crippen LogP contribution in [-0.4, -0.2) is 21.2 Å². The maximum absolute atomic E-state index is 13.1. The lowest BCUT2D eigenvalue weighted by Gasteiger charge is -2.01. The lowest BCUT2D eigenvalue weighted by Crippen LogP contribution is -2.04. The standard InChI is InChI=1S/C19H12ClFN4OS/c20-14-5-1-12(2-6-14)16-9-18(22-11-26)25(24-16)19-23-17(10-27-19)13-3-7-15(21)8-4-13/h1-11H,(H,22,26). The largest absolute Gasteiger partial charge is 0.313 e. The number of halogens is 2. The monoisotopic (exact) mass is 398 g/mol. The van der Waals surface area contributed by atoms with Crippen LogP contribution in [-0.2, 0) is 4.79 Å². The van der Waals surface area contributed by atoms with Gasteiger partial charge >= 0.3 is 0 Å². The predicted octanol–water partition coefficient (Wildman–Crippen LogP) is 5.02. The number of benzene rings is 2. The zero-order chi connectivity index (χ0) is 18.8. The Morgan fingerprint density at radius 3 is 2.41 bits per heavy atom. The summed E-state index contributed by atoms with van der Waals surface area (Å²) in [5, 5.41) is 10.3. The molecule has 0 saturated carbocycles. The van der Waals surface area contributed by atoms with Crippen molar-refractivity contribution in [3.8, 4) is 27.6 Å². The van der Waals surface area contributed by atoms with Crippen molar-refractivity contribution in [1.29, 1.82) is 0 Å². The number of nitrogens with zero attached hydrogens (tertiary/aromatic N) is 3. The molecule has 0 atom stereocenters. The number of amides is 1. The smallest absolute Gasteiger partial charge is 0.212 e. The number of hydrogen-bond donors (Lipinski definition) is 1. The molecule has 2 aromatic heterocycles. The topological polar surface area (TPSA) is 59.8 Å². The van der Waals surface area contributed by atoms with Crippen LogP contribution in [0.15, 0.2) is 60.0 Å². The highest BCUT2D eigenvalue weighted by atomic mass is 35.5. The van der Waals surface area contributed by atoms with Gasteiger partial charge in [-0.2, -0.15) is 9.78 Å². The zero-order valence-electron chi connectivity index (χ0n) is 13.8. The van der Waals surface area contributed by atoms with E-state index in [9.17, 15) is 9.18 Å². The summed E-state index contributed by atoms with van der Waals surface area (Å²) in [4.78, 5) is 15.5. The third-order valence-corrected chi connectivity index (χ3v) is 4.94. The van der Waals surface area contributed by atoms with E-state index in [1.807, 2.05) is 17.5 Å². The number of rotatable bonds is 5. The van der Waals surface area contributed by atoms with Crippen LogP contribution in [0.2, 0.25) is 5.02 Å². The van der Waals surface area contributed by atoms with Crippen molar-refractivity contribution in [2.24, 2.45) is 0 Å². The summed E-state index contributed by atoms with van der Waals surface area (Å²) in [6.07, 6.45) is 0.591. The molecule has 0 unspecified atom stereocenters. The highest BCUT2D eigenvalue weighted by Crippen LogP contribution is 2.29. The van der Waals surface area contributed by atoms with Crippen molar-refractivity contribution in [2.75, 3.05) is 5.32 Å². The quantitative estimate of drug-likeness (QED) is 0.480. The van der Waals surface area contributed by atoms with Gasteiger partial charge in [-0.1, -0.05) is 23.7 Å². The fourth-order valence-electron chi connectivity index (χ4n) is 2.57. The lowest BCUT2D eigenvalue weighted by molar-refractivity contribution is -0.105. The van der Waals surface area contributed by atoms with Gasteiger partial charge in [-0.3, -0.25) is 4.79 Å². The summed E-state index contributed by atoms with van der Waals surface area (Å²) in [6.45, 7) is 0. The van der Waals surface area contributed by atoms with Gasteiger partial charge < -0.3 is 5.32 Å². The second-order valence-electron chi connectivity index (χ2n) is 5.62. The van der Waals surface area contributed by atoms with Crippen LogP contribution in [0.3, 0.4) is 0 Å². The van der Waals surface area contributed by atoms with Crippen molar-refractivity contribution in [3.63, 3.8) is 0 Å². The molecule has 0 radical (unpaired) electrons. The SMILES string of the molecule is O=CNc1cc(-c2ccc(Cl)cc2)nn1-c1nc(-c2ccc(F)cc2)cs1. The predicted molar refractivity (Wildman–Crippen MR) is 105 cm³/mol. The Morgan fingerprint density at radius 2 is 1.70 bits per heavy atom. The van der Waals surface area contributed by atoms with E-state index < -0.39 is 0 Å². The number of anilines is 1. The minimum atomic E-state index is -0.300. The van der Waals surface area contributed by atoms with Crippen molar-refractivity contribution < 1.29 is 9.18 Å². The van der Waals surface area contributed by atoms with Gasteiger partial charge in [-0.25, -0.2) is 9.37 Å². The summed E-state index contributed by atoms with van der Waals surface area (Å²) in [7, 11) is 0. The molecule has 1 amide bonds. The van der Waals surface area contributed by atoms with Crippen LogP contribution in [0.4, 0.5) is 10.2 Å². The molecule has 0 saturated heterocycles. The Labute approximate surface area is 163 Å². The van der Waals surface area contributed by atoms with E-state index in [2.05, 4.69) is 15.4 Å². The maximum Gasteiger partial charge on any atom is 0.212 e. The Kier molecular flexibility index (Phi) is 4.70. The van der Waals surface area contributed by atoms with Gasteiger partial charge in [0.05, 0.1) is 11.4 Å². The molecule has 0 aliphatic rings. The molecule has 1 N–H and O–H groups in total. The average Bonchev–Trinajstić information content (AvgIpc) is 3.31. The zero-order valence-corrected chi connectivity index (χ0v) is 15.3. The molecular formula is C19H12ClFN4OS. The average molecular weight is 399 g/mol. The van der Waals surface area contributed by atoms with E-state index in [4.69, 9.17) is 11.6 Å². The van der Waals surface area contributed by atoms with Crippen LogP contribution in [0.5, 0.6) is 0 Å². The van der Waals surface area contributed by atoms with Crippen molar-refractivity contribution in [3.05, 3.63) is 70.8 Å². The molecule has 134 valence electrons. The normalized spacial score (nSPS) is 10.7. The fraction of sp³-hybridized carbons (Fsp3) is 0. The highest BCUT2D eigenvalue weighted by molar-refractivity contribution is 7.12. The van der Waals surface area contributed by atoms with Crippen molar-refractivity contribution in [2.45, 2.75) is 0 Å². The molecule has 5 nitrogen and oxygen atoms in total. The van der Waals surface area contributed by atoms with Gasteiger partial charge in [-0.05, 0) is 36.4 Å². The maximum atomic E-state index is 13.1. The van der Waals surface area contributed by atoms with E-state index in [-0.39, 0.29) is 5.82 Å². The van der Waals surface area contributed by atoms with E-state index in [0.717, 1.165) is 11.1 Å². The molecule has 0 aliphatic heterocycles. The molecular weight excluding hydrogens is 387 g/mol. The second kappa shape index (κ2) is 7.30. The summed E-state index contributed by atoms with van der Waals surface area (Å²) >= 11 is 7.31. The summed E-state index contributed by atoms with van der Waals surface area (Å²) < 4.78 is 14.7. The van der Waals surface area contributed by atoms with Crippen LogP contribution >= 0.6 is 22.9 Å². The molecule has 0 bridgehead atoms. The molecule has 0 aliphatic carbocycles. The van der Waals surface area contributed by atoms with Gasteiger partial charge in [0, 0.05) is 27.6 Å². The van der Waals surface area contributed by atoms with E-state index in [1.54, 1.807) is 35.0 Å². The van der Waals surface area contributed by atoms with Crippen LogP contribution in [0.1, 0.15) is 0 Å². The summed E-state index contributed by atoms with van der Waals surface area (Å²) in [6, 6.07) is 15.1. The molecule has 0 spiro atoms. The van der Waals surface area contributed by atoms with Crippen LogP contribution < -0.4 is 5.32 Å². The molecule has 2 aromatic carbocycles. The molecule has 4 rings (SSSR count). The third kappa shape index (κ3) is 3.60. The van der Waals surface area contributed by atoms with E-state index in [0.29, 0.717) is 33.8 Å². The van der Waals surface area contributed by atoms with Gasteiger partial charge in [0.15, 0.2) is 0 Å². The van der Waals surface area contributed by atoms with Gasteiger partial charge in [-0.15, -0.1) is 11.3 Å². The molecule has 2 heterocycles. The fourth-order valence-corrected chi connectivity index (χ4v) is 3.49. The first-order chi connectivity index (χ1) is 13.1. The third-order valence-electron chi connectivity index (χ3n) is 3.87. The number of nitrogens with one attached hydrogen (secondary N) is 1. The molecule has 8 heteroatoms. The Morgan fingerprint density at radius 1 is 1.04 bits per heavy atom. The van der Waals surface area contributed by atoms with E-state index in [1.165, 1.54) is 23.5 Å². The Bertz CT molecular complexity index is 1090. The molecule has 27 heavy (non-hydrogen) atoms. The van der Waals surface area contributed by atoms with Gasteiger partial charge in [0.2, 0.25) is 11.5 Å². The van der Waals surface area contributed by atoms with E-state index >= 15 is 0 Å². The first-order valence-electron chi connectivity index (χ1n) is 7.92. The first kappa shape index (κ1) is 17.4. The number of carbonyl (C=O) groups is 1. The molecule has 0 fully saturated rings. The van der Waals surface area contributed by atoms with Crippen molar-refractivity contribution >= 4 is 35.2 Å². The van der Waals surface area contributed by atoms with Crippen LogP contribution in [0.25, 0.3) is 27.6 Å². The van der Waals surface area contributed by atoms with Crippen LogP contribution in [0, 0.1) is 5.82 Å². The number of aromatic nitrogens is 3. The number of hydrogen-bond acceptors (Lipinski definition) is 4. The first-order valence-corrected chi connectivity index (χ1v) is 9.18. The summed E-state index contributed by atoms with van der Waals surface area (Å²) in [5.74, 6) is 0.196. The number of thiazole rings is 1. The second-order valence-corrected chi connectivity index (χ2v) is 6.89. The minimum Gasteiger partial charge on any atom is -0.313 e. The Hall–Kier alpha value is -3.03. The molecule has 4 aromatic rings. The highest BCUT2D eigenvalue weighted by Gasteiger charge is 2.14. The Balaban J connectivity index is 1.73. The van der Waals surface area contributed by atoms with Crippen molar-refractivity contribution in [1.82, 2.24) is 14.8 Å². The van der Waals surface area contributed by atoms with Gasteiger partial charge in [0.1, 0.15) is 11.6 Å². The van der Waals surface area contributed by atoms with Gasteiger partial charge in [0.25, 0.3) is 0 Å². The summed E-state index contributed by atoms with van der Waals surface area (Å²) in [5.41, 5.74) is 3.04. The minimum absolute atomic E-state index is 0.300. The lowest BCUT2D eigenvalue weighted by atomic mass is 10.1.